The molecule has 0 fully saturated rings. The van der Waals surface area contributed by atoms with Gasteiger partial charge in [-0.2, -0.15) is 0 Å². The van der Waals surface area contributed by atoms with Gasteiger partial charge in [-0.05, 0) is 10.8 Å². The van der Waals surface area contributed by atoms with Crippen molar-refractivity contribution >= 4 is 35.5 Å². The summed E-state index contributed by atoms with van der Waals surface area (Å²) in [7, 11) is 0. The first-order chi connectivity index (χ1) is 5.63. The van der Waals surface area contributed by atoms with Crippen molar-refractivity contribution in [3.8, 4) is 0 Å². The van der Waals surface area contributed by atoms with Crippen LogP contribution in [0, 0.1) is 0 Å². The Morgan fingerprint density at radius 2 is 1.33 bits per heavy atom. The molecular weight excluding hydrogens is 200 g/mol. The molecule has 0 bridgehead atoms. The van der Waals surface area contributed by atoms with E-state index in [2.05, 4.69) is 0 Å². The zero-order chi connectivity index (χ0) is 9.14. The predicted molar refractivity (Wildman–Crippen MR) is 46.6 cm³/mol. The van der Waals surface area contributed by atoms with Crippen molar-refractivity contribution in [3.63, 3.8) is 0 Å². The lowest BCUT2D eigenvalue weighted by Crippen LogP contribution is -2.07. The van der Waals surface area contributed by atoms with Gasteiger partial charge in [0.2, 0.25) is 0 Å². The summed E-state index contributed by atoms with van der Waals surface area (Å²) in [6, 6.07) is 0. The van der Waals surface area contributed by atoms with Crippen molar-refractivity contribution in [2.45, 2.75) is 0 Å². The molecule has 4 nitrogen and oxygen atoms in total. The van der Waals surface area contributed by atoms with Gasteiger partial charge >= 0.3 is 11.9 Å². The van der Waals surface area contributed by atoms with Crippen LogP contribution in [0.5, 0.6) is 0 Å². The van der Waals surface area contributed by atoms with Gasteiger partial charge in [0.1, 0.15) is 9.81 Å². The molecule has 0 aromatic rings. The number of carbonyl (C=O) groups is 2. The van der Waals surface area contributed by atoms with Crippen LogP contribution in [0.2, 0.25) is 0 Å². The molecular formula is C6H4O4S2. The lowest BCUT2D eigenvalue weighted by atomic mass is 10.5. The summed E-state index contributed by atoms with van der Waals surface area (Å²) in [5.74, 6) is -2.40. The van der Waals surface area contributed by atoms with E-state index in [0.29, 0.717) is 0 Å². The molecule has 1 aliphatic heterocycles. The normalized spacial score (nSPS) is 16.3. The highest BCUT2D eigenvalue weighted by Crippen LogP contribution is 2.34. The SMILES string of the molecule is O=C(O)C1=C(C(=O)O)SC=CS1. The Bertz CT molecular complexity index is 264. The Morgan fingerprint density at radius 1 is 1.00 bits per heavy atom. The predicted octanol–water partition coefficient (Wildman–Crippen LogP) is 1.32. The molecule has 0 radical (unpaired) electrons. The summed E-state index contributed by atoms with van der Waals surface area (Å²) in [5, 5.41) is 20.2. The fraction of sp³-hybridized carbons (Fsp3) is 0. The molecule has 12 heavy (non-hydrogen) atoms. The first-order valence-corrected chi connectivity index (χ1v) is 4.58. The van der Waals surface area contributed by atoms with Crippen LogP contribution in [-0.2, 0) is 9.59 Å². The zero-order valence-electron chi connectivity index (χ0n) is 5.68. The Kier molecular flexibility index (Phi) is 2.83. The van der Waals surface area contributed by atoms with Gasteiger partial charge in [-0.15, -0.1) is 0 Å². The standard InChI is InChI=1S/C6H4O4S2/c7-5(8)3-4(6(9)10)12-2-1-11-3/h1-2H,(H,7,8)(H,9,10). The third-order valence-corrected chi connectivity index (χ3v) is 3.10. The average Bonchev–Trinajstić information content (AvgIpc) is 2.04. The summed E-state index contributed by atoms with van der Waals surface area (Å²) < 4.78 is 0. The number of aliphatic carboxylic acids is 2. The molecule has 0 saturated carbocycles. The Hall–Kier alpha value is -0.880. The quantitative estimate of drug-likeness (QED) is 0.706. The van der Waals surface area contributed by atoms with Crippen molar-refractivity contribution < 1.29 is 19.8 Å². The van der Waals surface area contributed by atoms with E-state index in [0.717, 1.165) is 23.5 Å². The molecule has 6 heteroatoms. The highest BCUT2D eigenvalue weighted by Gasteiger charge is 2.22. The molecule has 2 N–H and O–H groups in total. The number of rotatable bonds is 2. The maximum atomic E-state index is 10.5. The van der Waals surface area contributed by atoms with Gasteiger partial charge in [0.25, 0.3) is 0 Å². The van der Waals surface area contributed by atoms with Gasteiger partial charge in [-0.1, -0.05) is 23.5 Å². The number of thioether (sulfide) groups is 2. The van der Waals surface area contributed by atoms with Gasteiger partial charge in [0.15, 0.2) is 0 Å². The largest absolute Gasteiger partial charge is 0.477 e. The Morgan fingerprint density at radius 3 is 1.58 bits per heavy atom. The number of hydrogen-bond donors (Lipinski definition) is 2. The van der Waals surface area contributed by atoms with Gasteiger partial charge in [0, 0.05) is 0 Å². The second kappa shape index (κ2) is 3.68. The molecule has 0 saturated heterocycles. The lowest BCUT2D eigenvalue weighted by molar-refractivity contribution is -0.134. The minimum atomic E-state index is -1.20. The van der Waals surface area contributed by atoms with Gasteiger partial charge < -0.3 is 10.2 Å². The third-order valence-electron chi connectivity index (χ3n) is 1.02. The molecule has 0 spiro atoms. The van der Waals surface area contributed by atoms with Crippen molar-refractivity contribution in [3.05, 3.63) is 20.6 Å². The van der Waals surface area contributed by atoms with Crippen molar-refractivity contribution in [1.29, 1.82) is 0 Å². The molecule has 1 rings (SSSR count). The average molecular weight is 204 g/mol. The highest BCUT2D eigenvalue weighted by atomic mass is 32.2. The van der Waals surface area contributed by atoms with Gasteiger partial charge in [-0.25, -0.2) is 9.59 Å². The van der Waals surface area contributed by atoms with Crippen LogP contribution >= 0.6 is 23.5 Å². The van der Waals surface area contributed by atoms with E-state index in [9.17, 15) is 9.59 Å². The number of hydrogen-bond acceptors (Lipinski definition) is 4. The van der Waals surface area contributed by atoms with Gasteiger partial charge in [0.05, 0.1) is 0 Å². The summed E-state index contributed by atoms with van der Waals surface area (Å²) in [5.41, 5.74) is 0. The van der Waals surface area contributed by atoms with Crippen molar-refractivity contribution in [2.75, 3.05) is 0 Å². The molecule has 1 aliphatic rings. The van der Waals surface area contributed by atoms with Crippen molar-refractivity contribution in [2.24, 2.45) is 0 Å². The van der Waals surface area contributed by atoms with E-state index in [4.69, 9.17) is 10.2 Å². The van der Waals surface area contributed by atoms with Crippen LogP contribution in [-0.4, -0.2) is 22.2 Å². The minimum Gasteiger partial charge on any atom is -0.477 e. The van der Waals surface area contributed by atoms with Crippen molar-refractivity contribution in [1.82, 2.24) is 0 Å². The molecule has 0 aliphatic carbocycles. The van der Waals surface area contributed by atoms with Crippen LogP contribution in [0.1, 0.15) is 0 Å². The Balaban J connectivity index is 3.01. The molecule has 0 amide bonds. The van der Waals surface area contributed by atoms with E-state index >= 15 is 0 Å². The smallest absolute Gasteiger partial charge is 0.343 e. The molecule has 0 atom stereocenters. The summed E-state index contributed by atoms with van der Waals surface area (Å²) in [4.78, 5) is 20.7. The van der Waals surface area contributed by atoms with E-state index in [1.807, 2.05) is 0 Å². The second-order valence-electron chi connectivity index (χ2n) is 1.78. The molecule has 1 heterocycles. The van der Waals surface area contributed by atoms with E-state index in [1.54, 1.807) is 10.8 Å². The fourth-order valence-electron chi connectivity index (χ4n) is 0.594. The third kappa shape index (κ3) is 1.83. The van der Waals surface area contributed by atoms with E-state index < -0.39 is 11.9 Å². The molecule has 0 aromatic heterocycles. The van der Waals surface area contributed by atoms with Crippen LogP contribution < -0.4 is 0 Å². The molecule has 0 aromatic carbocycles. The summed E-state index contributed by atoms with van der Waals surface area (Å²) in [6.45, 7) is 0. The van der Waals surface area contributed by atoms with Crippen LogP contribution in [0.3, 0.4) is 0 Å². The van der Waals surface area contributed by atoms with Crippen LogP contribution in [0.25, 0.3) is 0 Å². The summed E-state index contributed by atoms with van der Waals surface area (Å²) >= 11 is 1.81. The van der Waals surface area contributed by atoms with E-state index in [-0.39, 0.29) is 9.81 Å². The molecule has 64 valence electrons. The Labute approximate surface area is 76.3 Å². The first kappa shape index (κ1) is 9.21. The van der Waals surface area contributed by atoms with Crippen LogP contribution in [0.15, 0.2) is 20.6 Å². The number of carboxylic acids is 2. The maximum absolute atomic E-state index is 10.5. The topological polar surface area (TPSA) is 74.6 Å². The molecule has 0 unspecified atom stereocenters. The highest BCUT2D eigenvalue weighted by molar-refractivity contribution is 8.13. The summed E-state index contributed by atoms with van der Waals surface area (Å²) in [6.07, 6.45) is 0. The second-order valence-corrected chi connectivity index (χ2v) is 3.61. The van der Waals surface area contributed by atoms with E-state index in [1.165, 1.54) is 0 Å². The van der Waals surface area contributed by atoms with Gasteiger partial charge in [-0.3, -0.25) is 0 Å². The maximum Gasteiger partial charge on any atom is 0.343 e. The monoisotopic (exact) mass is 204 g/mol. The van der Waals surface area contributed by atoms with Crippen LogP contribution in [0.4, 0.5) is 0 Å². The minimum absolute atomic E-state index is 0.130. The zero-order valence-corrected chi connectivity index (χ0v) is 7.32. The lowest BCUT2D eigenvalue weighted by Gasteiger charge is -2.06. The fourth-order valence-corrected chi connectivity index (χ4v) is 2.19. The number of carboxylic acid groups (broad SMARTS) is 2. The first-order valence-electron chi connectivity index (χ1n) is 2.82.